The van der Waals surface area contributed by atoms with Crippen molar-refractivity contribution >= 4 is 47.2 Å². The van der Waals surface area contributed by atoms with Gasteiger partial charge in [0.05, 0.1) is 19.8 Å². The highest BCUT2D eigenvalue weighted by Crippen LogP contribution is 2.30. The van der Waals surface area contributed by atoms with Crippen molar-refractivity contribution in [1.82, 2.24) is 20.1 Å². The number of piperidine rings is 1. The number of thiazole rings is 1. The fourth-order valence-electron chi connectivity index (χ4n) is 3.39. The van der Waals surface area contributed by atoms with E-state index in [-0.39, 0.29) is 42.3 Å². The molecule has 1 amide bonds. The zero-order valence-corrected chi connectivity index (χ0v) is 19.2. The van der Waals surface area contributed by atoms with E-state index >= 15 is 0 Å². The molecule has 2 aliphatic heterocycles. The molecule has 1 aromatic heterocycles. The zero-order chi connectivity index (χ0) is 20.1. The Morgan fingerprint density at radius 1 is 1.28 bits per heavy atom. The number of likely N-dealkylation sites (tertiary alicyclic amines) is 1. The number of morpholine rings is 1. The van der Waals surface area contributed by atoms with Gasteiger partial charge in [0.15, 0.2) is 11.7 Å². The Morgan fingerprint density at radius 3 is 2.48 bits per heavy atom. The predicted octanol–water partition coefficient (Wildman–Crippen LogP) is 2.43. The topological polar surface area (TPSA) is 70.1 Å². The van der Waals surface area contributed by atoms with Gasteiger partial charge in [0, 0.05) is 44.5 Å². The van der Waals surface area contributed by atoms with Crippen LogP contribution in [0.25, 0.3) is 0 Å². The summed E-state index contributed by atoms with van der Waals surface area (Å²) >= 11 is 0.968. The largest absolute Gasteiger partial charge is 0.434 e. The van der Waals surface area contributed by atoms with Crippen LogP contribution in [0.3, 0.4) is 0 Å². The first-order valence-corrected chi connectivity index (χ1v) is 10.1. The van der Waals surface area contributed by atoms with Gasteiger partial charge in [-0.05, 0) is 12.8 Å². The van der Waals surface area contributed by atoms with E-state index < -0.39 is 11.9 Å². The molecule has 0 saturated carbocycles. The molecule has 2 aliphatic rings. The van der Waals surface area contributed by atoms with Crippen LogP contribution in [0.4, 0.5) is 13.2 Å². The fraction of sp³-hybridized carbons (Fsp3) is 0.706. The number of alkyl halides is 3. The third kappa shape index (κ3) is 6.41. The molecular formula is C17H25F3IN5O2S. The number of nitrogens with one attached hydrogen (secondary N) is 1. The van der Waals surface area contributed by atoms with Crippen molar-refractivity contribution in [3.8, 4) is 0 Å². The molecule has 164 valence electrons. The molecule has 0 atom stereocenters. The van der Waals surface area contributed by atoms with Crippen molar-refractivity contribution in [2.75, 3.05) is 46.4 Å². The number of hydrogen-bond donors (Lipinski definition) is 1. The first-order valence-electron chi connectivity index (χ1n) is 9.22. The minimum Gasteiger partial charge on any atom is -0.378 e. The van der Waals surface area contributed by atoms with E-state index in [0.29, 0.717) is 50.4 Å². The lowest BCUT2D eigenvalue weighted by Gasteiger charge is -2.36. The number of rotatable bonds is 3. The lowest BCUT2D eigenvalue weighted by Crippen LogP contribution is -2.49. The summed E-state index contributed by atoms with van der Waals surface area (Å²) < 4.78 is 43.2. The summed E-state index contributed by atoms with van der Waals surface area (Å²) in [5, 5.41) is 4.44. The summed E-state index contributed by atoms with van der Waals surface area (Å²) in [7, 11) is 1.64. The van der Waals surface area contributed by atoms with Crippen molar-refractivity contribution in [3.05, 3.63) is 16.1 Å². The van der Waals surface area contributed by atoms with Gasteiger partial charge in [0.2, 0.25) is 5.91 Å². The van der Waals surface area contributed by atoms with E-state index in [2.05, 4.69) is 15.3 Å². The molecule has 0 radical (unpaired) electrons. The summed E-state index contributed by atoms with van der Waals surface area (Å²) in [5.74, 6) is 0.801. The van der Waals surface area contributed by atoms with E-state index in [9.17, 15) is 18.0 Å². The van der Waals surface area contributed by atoms with Crippen molar-refractivity contribution < 1.29 is 22.7 Å². The first kappa shape index (κ1) is 24.1. The minimum absolute atomic E-state index is 0. The molecule has 0 aliphatic carbocycles. The van der Waals surface area contributed by atoms with Gasteiger partial charge >= 0.3 is 6.18 Å². The summed E-state index contributed by atoms with van der Waals surface area (Å²) in [6, 6.07) is 0. The minimum atomic E-state index is -4.43. The quantitative estimate of drug-likeness (QED) is 0.358. The summed E-state index contributed by atoms with van der Waals surface area (Å²) in [4.78, 5) is 24.3. The van der Waals surface area contributed by atoms with Crippen LogP contribution in [0.5, 0.6) is 0 Å². The fourth-order valence-corrected chi connectivity index (χ4v) is 4.13. The SMILES string of the molecule is CN=C(NCc1nc(C(F)(F)F)cs1)N1CCC(C(=O)N2CCOCC2)CC1.I. The number of aromatic nitrogens is 1. The van der Waals surface area contributed by atoms with Crippen LogP contribution in [0, 0.1) is 5.92 Å². The molecule has 29 heavy (non-hydrogen) atoms. The number of nitrogens with zero attached hydrogens (tertiary/aromatic N) is 4. The summed E-state index contributed by atoms with van der Waals surface area (Å²) in [6.07, 6.45) is -2.97. The van der Waals surface area contributed by atoms with Crippen LogP contribution in [-0.4, -0.2) is 73.1 Å². The Labute approximate surface area is 188 Å². The number of aliphatic imine (C=N–C) groups is 1. The second kappa shape index (κ2) is 10.8. The maximum atomic E-state index is 12.6. The summed E-state index contributed by atoms with van der Waals surface area (Å²) in [5.41, 5.74) is -0.869. The van der Waals surface area contributed by atoms with Crippen LogP contribution in [-0.2, 0) is 22.3 Å². The highest BCUT2D eigenvalue weighted by atomic mass is 127. The molecule has 2 saturated heterocycles. The first-order chi connectivity index (χ1) is 13.4. The molecule has 12 heteroatoms. The Bertz CT molecular complexity index is 701. The third-order valence-corrected chi connectivity index (χ3v) is 5.77. The number of amides is 1. The number of carbonyl (C=O) groups is 1. The Morgan fingerprint density at radius 2 is 1.93 bits per heavy atom. The normalized spacial score (nSPS) is 19.1. The van der Waals surface area contributed by atoms with Gasteiger partial charge in [0.25, 0.3) is 0 Å². The number of guanidine groups is 1. The number of halogens is 4. The monoisotopic (exact) mass is 547 g/mol. The van der Waals surface area contributed by atoms with Crippen LogP contribution >= 0.6 is 35.3 Å². The summed E-state index contributed by atoms with van der Waals surface area (Å²) in [6.45, 7) is 4.01. The van der Waals surface area contributed by atoms with Gasteiger partial charge in [-0.3, -0.25) is 9.79 Å². The number of carbonyl (C=O) groups excluding carboxylic acids is 1. The predicted molar refractivity (Wildman–Crippen MR) is 114 cm³/mol. The van der Waals surface area contributed by atoms with Gasteiger partial charge in [-0.2, -0.15) is 13.2 Å². The Hall–Kier alpha value is -1.15. The Kier molecular flexibility index (Phi) is 8.94. The van der Waals surface area contributed by atoms with Gasteiger partial charge < -0.3 is 19.9 Å². The second-order valence-electron chi connectivity index (χ2n) is 6.72. The molecule has 7 nitrogen and oxygen atoms in total. The molecular weight excluding hydrogens is 522 g/mol. The maximum absolute atomic E-state index is 12.6. The standard InChI is InChI=1S/C17H24F3N5O2S.HI/c1-21-16(22-10-14-23-13(11-28-14)17(18,19)20)25-4-2-12(3-5-25)15(26)24-6-8-27-9-7-24;/h11-12H,2-10H2,1H3,(H,21,22);1H. The lowest BCUT2D eigenvalue weighted by atomic mass is 9.95. The van der Waals surface area contributed by atoms with Crippen LogP contribution in [0.1, 0.15) is 23.5 Å². The van der Waals surface area contributed by atoms with Crippen LogP contribution < -0.4 is 5.32 Å². The van der Waals surface area contributed by atoms with Gasteiger partial charge in [0.1, 0.15) is 5.01 Å². The van der Waals surface area contributed by atoms with Crippen molar-refractivity contribution in [2.45, 2.75) is 25.6 Å². The van der Waals surface area contributed by atoms with Gasteiger partial charge in [-0.25, -0.2) is 4.98 Å². The average Bonchev–Trinajstić information content (AvgIpc) is 3.19. The highest BCUT2D eigenvalue weighted by molar-refractivity contribution is 14.0. The van der Waals surface area contributed by atoms with E-state index in [1.807, 2.05) is 9.80 Å². The number of hydrogen-bond acceptors (Lipinski definition) is 5. The van der Waals surface area contributed by atoms with E-state index in [4.69, 9.17) is 4.74 Å². The molecule has 0 unspecified atom stereocenters. The zero-order valence-electron chi connectivity index (χ0n) is 16.1. The van der Waals surface area contributed by atoms with Crippen molar-refractivity contribution in [2.24, 2.45) is 10.9 Å². The van der Waals surface area contributed by atoms with Crippen LogP contribution in [0.2, 0.25) is 0 Å². The molecule has 0 spiro atoms. The molecule has 0 aromatic carbocycles. The molecule has 3 rings (SSSR count). The molecule has 1 N–H and O–H groups in total. The Balaban J connectivity index is 0.00000300. The average molecular weight is 547 g/mol. The van der Waals surface area contributed by atoms with Gasteiger partial charge in [-0.15, -0.1) is 35.3 Å². The van der Waals surface area contributed by atoms with E-state index in [1.54, 1.807) is 7.05 Å². The van der Waals surface area contributed by atoms with Crippen LogP contribution in [0.15, 0.2) is 10.4 Å². The van der Waals surface area contributed by atoms with Crippen molar-refractivity contribution in [3.63, 3.8) is 0 Å². The smallest absolute Gasteiger partial charge is 0.378 e. The molecule has 0 bridgehead atoms. The lowest BCUT2D eigenvalue weighted by molar-refractivity contribution is -0.141. The molecule has 1 aromatic rings. The molecule has 2 fully saturated rings. The maximum Gasteiger partial charge on any atom is 0.434 e. The van der Waals surface area contributed by atoms with Gasteiger partial charge in [-0.1, -0.05) is 0 Å². The van der Waals surface area contributed by atoms with E-state index in [0.717, 1.165) is 29.6 Å². The second-order valence-corrected chi connectivity index (χ2v) is 7.67. The van der Waals surface area contributed by atoms with E-state index in [1.165, 1.54) is 0 Å². The molecule has 3 heterocycles. The highest BCUT2D eigenvalue weighted by Gasteiger charge is 2.34. The number of ether oxygens (including phenoxy) is 1. The third-order valence-electron chi connectivity index (χ3n) is 4.92. The van der Waals surface area contributed by atoms with Crippen molar-refractivity contribution in [1.29, 1.82) is 0 Å².